The number of anilines is 6. The van der Waals surface area contributed by atoms with Gasteiger partial charge in [0.1, 0.15) is 13.2 Å². The molecule has 6 heterocycles. The van der Waals surface area contributed by atoms with Crippen molar-refractivity contribution in [3.63, 3.8) is 0 Å². The molecule has 126 heavy (non-hydrogen) atoms. The summed E-state index contributed by atoms with van der Waals surface area (Å²) in [6.07, 6.45) is 0. The SMILES string of the molecule is O=C(OCc1ccccc1)c1ccc2c(c1)N(c1ccccc1)c1cc(-c3ccc4c(c3)c3ccc(-c5nc(-c6ccccc6)nc(-c6ccccc6)n5)cc3n4-c3ccc(-c4nc(-c5ccccc5)cc(-c5ccccc5)n4)cc3-c3nc(-c4ccccc4)nc(-c4ccccc4)n3)cc3c1B2c1ccc(C(=O)OCc2ccccc2)cc1N3c1ccccc1. The summed E-state index contributed by atoms with van der Waals surface area (Å²) in [6, 6.07) is 139. The van der Waals surface area contributed by atoms with Gasteiger partial charge in [-0.2, -0.15) is 0 Å². The Kier molecular flexibility index (Phi) is 19.4. The van der Waals surface area contributed by atoms with Crippen molar-refractivity contribution in [1.82, 2.24) is 44.4 Å². The Balaban J connectivity index is 0.800. The van der Waals surface area contributed by atoms with Crippen LogP contribution in [0, 0.1) is 0 Å². The second-order valence-corrected chi connectivity index (χ2v) is 31.2. The van der Waals surface area contributed by atoms with Crippen LogP contribution >= 0.6 is 0 Å². The van der Waals surface area contributed by atoms with E-state index in [1.807, 2.05) is 279 Å². The highest BCUT2D eigenvalue weighted by atomic mass is 16.5. The van der Waals surface area contributed by atoms with Crippen LogP contribution in [0.3, 0.4) is 0 Å². The highest BCUT2D eigenvalue weighted by molar-refractivity contribution is 7.00. The third-order valence-electron chi connectivity index (χ3n) is 23.4. The molecular formula is C110H72BN11O4. The number of nitrogens with zero attached hydrogens (tertiary/aromatic N) is 11. The molecule has 0 radical (unpaired) electrons. The first-order valence-electron chi connectivity index (χ1n) is 41.8. The largest absolute Gasteiger partial charge is 0.457 e. The van der Waals surface area contributed by atoms with Crippen molar-refractivity contribution < 1.29 is 19.1 Å². The number of carbonyl (C=O) groups excluding carboxylic acids is 2. The summed E-state index contributed by atoms with van der Waals surface area (Å²) in [6.45, 7) is -0.232. The number of esters is 2. The Morgan fingerprint density at radius 2 is 0.619 bits per heavy atom. The number of rotatable bonds is 19. The standard InChI is InChI=1S/C110H72BN11O4/c123-109(125-69-71-31-11-1-12-32-71)82-52-57-90-97(64-82)120(85-47-27-9-28-48-85)99-66-84(67-100-101(99)111(90)91-58-53-83(110(124)126-70-72-33-13-2-14-34-72)65-98(91)121(100)86-49-29-10-30-50-86)79-54-59-94-88(61-79)87-56-51-81(107-116-102(75-39-19-5-20-40-75)114-103(117-107)76-41-21-6-22-42-76)63-96(87)122(94)95-60-55-80(106-112-92(73-35-15-3-16-36-73)68-93(113-106)74-37-17-4-18-38-74)62-89(95)108-118-104(77-43-23-7-24-44-77)115-105(119-108)78-45-25-8-26-46-78/h1-68H,69-70H2. The van der Waals surface area contributed by atoms with E-state index in [0.717, 1.165) is 156 Å². The minimum Gasteiger partial charge on any atom is -0.457 e. The Morgan fingerprint density at radius 3 is 1.06 bits per heavy atom. The van der Waals surface area contributed by atoms with Crippen LogP contribution in [0.15, 0.2) is 413 Å². The lowest BCUT2D eigenvalue weighted by molar-refractivity contribution is 0.0464. The molecule has 15 nitrogen and oxygen atoms in total. The molecule has 0 saturated heterocycles. The number of carbonyl (C=O) groups is 2. The van der Waals surface area contributed by atoms with E-state index in [1.165, 1.54) is 0 Å². The second kappa shape index (κ2) is 32.5. The molecule has 0 aliphatic carbocycles. The van der Waals surface area contributed by atoms with Crippen LogP contribution in [0.2, 0.25) is 0 Å². The van der Waals surface area contributed by atoms with Crippen molar-refractivity contribution in [2.45, 2.75) is 13.2 Å². The summed E-state index contributed by atoms with van der Waals surface area (Å²) in [7, 11) is 0. The number of fused-ring (bicyclic) bond motifs is 7. The fourth-order valence-electron chi connectivity index (χ4n) is 17.3. The van der Waals surface area contributed by atoms with E-state index in [0.29, 0.717) is 57.5 Å². The number of aromatic nitrogens is 9. The molecule has 2 aliphatic rings. The molecule has 0 bridgehead atoms. The predicted octanol–water partition coefficient (Wildman–Crippen LogP) is 23.4. The smallest absolute Gasteiger partial charge is 0.338 e. The van der Waals surface area contributed by atoms with Gasteiger partial charge in [-0.3, -0.25) is 0 Å². The molecule has 0 saturated carbocycles. The lowest BCUT2D eigenvalue weighted by Crippen LogP contribution is -2.61. The van der Waals surface area contributed by atoms with Gasteiger partial charge < -0.3 is 23.8 Å². The molecule has 0 atom stereocenters. The molecule has 0 N–H and O–H groups in total. The fourth-order valence-corrected chi connectivity index (χ4v) is 17.3. The Morgan fingerprint density at radius 1 is 0.254 bits per heavy atom. The summed E-state index contributed by atoms with van der Waals surface area (Å²) in [5, 5.41) is 1.84. The van der Waals surface area contributed by atoms with Gasteiger partial charge in [-0.1, -0.05) is 309 Å². The van der Waals surface area contributed by atoms with Crippen molar-refractivity contribution in [3.05, 3.63) is 435 Å². The van der Waals surface area contributed by atoms with E-state index >= 15 is 0 Å². The summed E-state index contributed by atoms with van der Waals surface area (Å²) < 4.78 is 14.6. The van der Waals surface area contributed by atoms with Crippen molar-refractivity contribution >= 4 is 91.0 Å². The van der Waals surface area contributed by atoms with E-state index in [1.54, 1.807) is 0 Å². The average Bonchev–Trinajstić information content (AvgIpc) is 0.777. The first-order chi connectivity index (χ1) is 62.3. The van der Waals surface area contributed by atoms with Crippen molar-refractivity contribution in [1.29, 1.82) is 0 Å². The number of hydrogen-bond acceptors (Lipinski definition) is 14. The first kappa shape index (κ1) is 75.3. The zero-order chi connectivity index (χ0) is 84.0. The summed E-state index contributed by atoms with van der Waals surface area (Å²) >= 11 is 0. The second-order valence-electron chi connectivity index (χ2n) is 31.2. The Labute approximate surface area is 726 Å². The van der Waals surface area contributed by atoms with Crippen LogP contribution in [0.4, 0.5) is 34.1 Å². The maximum absolute atomic E-state index is 14.7. The van der Waals surface area contributed by atoms with Crippen LogP contribution < -0.4 is 26.2 Å². The molecule has 16 heteroatoms. The quantitative estimate of drug-likeness (QED) is 0.0554. The molecule has 0 unspecified atom stereocenters. The van der Waals surface area contributed by atoms with E-state index < -0.39 is 18.7 Å². The highest BCUT2D eigenvalue weighted by Crippen LogP contribution is 2.49. The zero-order valence-electron chi connectivity index (χ0n) is 67.8. The van der Waals surface area contributed by atoms with Gasteiger partial charge >= 0.3 is 11.9 Å². The normalized spacial score (nSPS) is 11.9. The predicted molar refractivity (Wildman–Crippen MR) is 503 cm³/mol. The average molecular weight is 1620 g/mol. The van der Waals surface area contributed by atoms with Crippen LogP contribution in [0.1, 0.15) is 31.8 Å². The molecule has 0 spiro atoms. The third-order valence-corrected chi connectivity index (χ3v) is 23.4. The van der Waals surface area contributed by atoms with Gasteiger partial charge in [-0.15, -0.1) is 0 Å². The van der Waals surface area contributed by atoms with Crippen LogP contribution in [-0.2, 0) is 22.7 Å². The topological polar surface area (TPSA) is 167 Å². The van der Waals surface area contributed by atoms with Gasteiger partial charge in [0.25, 0.3) is 6.71 Å². The molecule has 0 amide bonds. The lowest BCUT2D eigenvalue weighted by Gasteiger charge is -2.44. The summed E-state index contributed by atoms with van der Waals surface area (Å²) in [5.74, 6) is 2.49. The molecule has 594 valence electrons. The van der Waals surface area contributed by atoms with Crippen molar-refractivity contribution in [3.8, 4) is 119 Å². The van der Waals surface area contributed by atoms with Gasteiger partial charge in [-0.05, 0) is 142 Å². The van der Waals surface area contributed by atoms with Gasteiger partial charge in [0.15, 0.2) is 40.8 Å². The van der Waals surface area contributed by atoms with Gasteiger partial charge in [-0.25, -0.2) is 49.5 Å². The van der Waals surface area contributed by atoms with E-state index in [4.69, 9.17) is 49.3 Å². The maximum Gasteiger partial charge on any atom is 0.338 e. The van der Waals surface area contributed by atoms with Gasteiger partial charge in [0.2, 0.25) is 0 Å². The van der Waals surface area contributed by atoms with Crippen LogP contribution in [0.25, 0.3) is 141 Å². The maximum atomic E-state index is 14.7. The number of hydrogen-bond donors (Lipinski definition) is 0. The number of para-hydroxylation sites is 2. The Hall–Kier alpha value is -17.0. The lowest BCUT2D eigenvalue weighted by atomic mass is 9.33. The minimum absolute atomic E-state index is 0.0959. The summed E-state index contributed by atoms with van der Waals surface area (Å²) in [4.78, 5) is 77.0. The van der Waals surface area contributed by atoms with Gasteiger partial charge in [0.05, 0.1) is 39.2 Å². The summed E-state index contributed by atoms with van der Waals surface area (Å²) in [5.41, 5.74) is 23.6. The van der Waals surface area contributed by atoms with Crippen molar-refractivity contribution in [2.75, 3.05) is 9.80 Å². The minimum atomic E-state index is -0.458. The molecule has 0 fully saturated rings. The van der Waals surface area contributed by atoms with Crippen LogP contribution in [-0.4, -0.2) is 63.1 Å². The molecule has 16 aromatic carbocycles. The molecular weight excluding hydrogens is 1550 g/mol. The van der Waals surface area contributed by atoms with Crippen molar-refractivity contribution in [2.24, 2.45) is 0 Å². The Bertz CT molecular complexity index is 7210. The van der Waals surface area contributed by atoms with E-state index in [-0.39, 0.29) is 13.2 Å². The van der Waals surface area contributed by atoms with E-state index in [2.05, 4.69) is 148 Å². The van der Waals surface area contributed by atoms with E-state index in [9.17, 15) is 9.59 Å². The highest BCUT2D eigenvalue weighted by Gasteiger charge is 2.45. The number of ether oxygens (including phenoxy) is 2. The monoisotopic (exact) mass is 1620 g/mol. The van der Waals surface area contributed by atoms with Crippen LogP contribution in [0.5, 0.6) is 0 Å². The first-order valence-corrected chi connectivity index (χ1v) is 41.8. The fraction of sp³-hybridized carbons (Fsp3) is 0.0182. The third kappa shape index (κ3) is 14.3. The van der Waals surface area contributed by atoms with Gasteiger partial charge in [0, 0.05) is 95.0 Å². The molecule has 4 aromatic heterocycles. The number of benzene rings is 16. The molecule has 22 rings (SSSR count). The molecule has 2 aliphatic heterocycles. The zero-order valence-corrected chi connectivity index (χ0v) is 67.8. The molecule has 20 aromatic rings.